The second kappa shape index (κ2) is 11.4. The number of rotatable bonds is 7. The van der Waals surface area contributed by atoms with Crippen molar-refractivity contribution >= 4 is 17.8 Å². The summed E-state index contributed by atoms with van der Waals surface area (Å²) in [7, 11) is 2.67. The summed E-state index contributed by atoms with van der Waals surface area (Å²) in [6.45, 7) is 1.60. The van der Waals surface area contributed by atoms with Crippen molar-refractivity contribution in [1.29, 1.82) is 0 Å². The van der Waals surface area contributed by atoms with E-state index in [-0.39, 0.29) is 41.8 Å². The van der Waals surface area contributed by atoms with Gasteiger partial charge < -0.3 is 20.1 Å². The van der Waals surface area contributed by atoms with Crippen LogP contribution in [-0.2, 0) is 4.79 Å². The summed E-state index contributed by atoms with van der Waals surface area (Å²) < 4.78 is 66.7. The molecule has 0 radical (unpaired) electrons. The smallest absolute Gasteiger partial charge is 0.315 e. The van der Waals surface area contributed by atoms with Crippen LogP contribution in [0.3, 0.4) is 0 Å². The van der Waals surface area contributed by atoms with Gasteiger partial charge in [0.2, 0.25) is 6.43 Å². The molecule has 12 heteroatoms. The fraction of sp³-hybridized carbons (Fsp3) is 0.500. The van der Waals surface area contributed by atoms with Crippen molar-refractivity contribution in [1.82, 2.24) is 15.6 Å². The van der Waals surface area contributed by atoms with Gasteiger partial charge >= 0.3 is 6.03 Å². The van der Waals surface area contributed by atoms with E-state index in [9.17, 15) is 18.4 Å². The number of pyridine rings is 1. The molecule has 4 rings (SSSR count). The van der Waals surface area contributed by atoms with E-state index < -0.39 is 53.9 Å². The maximum Gasteiger partial charge on any atom is 0.315 e. The molecule has 3 atom stereocenters. The summed E-state index contributed by atoms with van der Waals surface area (Å²) in [6, 6.07) is 1.94. The van der Waals surface area contributed by atoms with Gasteiger partial charge in [-0.15, -0.1) is 0 Å². The van der Waals surface area contributed by atoms with Crippen LogP contribution in [0, 0.1) is 17.6 Å². The van der Waals surface area contributed by atoms with Crippen LogP contribution in [0.25, 0.3) is 0 Å². The summed E-state index contributed by atoms with van der Waals surface area (Å²) in [5.41, 5.74) is -0.383. The van der Waals surface area contributed by atoms with Crippen LogP contribution in [-0.4, -0.2) is 55.7 Å². The molecule has 0 unspecified atom stereocenters. The topological polar surface area (TPSA) is 92.8 Å². The van der Waals surface area contributed by atoms with E-state index >= 15 is 8.78 Å². The van der Waals surface area contributed by atoms with Crippen LogP contribution in [0.15, 0.2) is 30.5 Å². The van der Waals surface area contributed by atoms with Gasteiger partial charge in [0.1, 0.15) is 23.4 Å². The Morgan fingerprint density at radius 3 is 2.32 bits per heavy atom. The number of amides is 3. The van der Waals surface area contributed by atoms with E-state index in [0.717, 1.165) is 12.1 Å². The predicted octanol–water partition coefficient (Wildman–Crippen LogP) is 4.39. The first-order chi connectivity index (χ1) is 18.2. The molecule has 1 saturated heterocycles. The molecule has 38 heavy (non-hydrogen) atoms. The molecule has 1 aliphatic heterocycles. The third kappa shape index (κ3) is 5.34. The van der Waals surface area contributed by atoms with E-state index in [2.05, 4.69) is 15.6 Å². The summed E-state index contributed by atoms with van der Waals surface area (Å²) in [5.74, 6) is -3.97. The zero-order valence-corrected chi connectivity index (χ0v) is 21.2. The first kappa shape index (κ1) is 27.5. The van der Waals surface area contributed by atoms with Crippen molar-refractivity contribution in [2.45, 2.75) is 63.1 Å². The van der Waals surface area contributed by atoms with Gasteiger partial charge in [-0.3, -0.25) is 9.69 Å². The van der Waals surface area contributed by atoms with Crippen LogP contribution >= 0.6 is 0 Å². The highest BCUT2D eigenvalue weighted by molar-refractivity contribution is 6.03. The second-order valence-electron chi connectivity index (χ2n) is 9.55. The lowest BCUT2D eigenvalue weighted by Crippen LogP contribution is -2.51. The van der Waals surface area contributed by atoms with Gasteiger partial charge in [-0.05, 0) is 44.7 Å². The van der Waals surface area contributed by atoms with E-state index in [1.807, 2.05) is 0 Å². The van der Waals surface area contributed by atoms with E-state index in [4.69, 9.17) is 9.47 Å². The highest BCUT2D eigenvalue weighted by Gasteiger charge is 2.51. The molecule has 3 amide bonds. The number of carbonyl (C=O) groups is 2. The Bertz CT molecular complexity index is 1150. The molecule has 2 aliphatic rings. The van der Waals surface area contributed by atoms with E-state index in [0.29, 0.717) is 12.8 Å². The van der Waals surface area contributed by atoms with E-state index in [1.165, 1.54) is 25.3 Å². The standard InChI is InChI=1S/C26H30F4N4O4/c1-13-20(21-17(27)11-16(37-2)12-18(21)28)22(25(35)34(13)24-19(38-3)5-4-10-31-24)33-26(36)32-15-8-6-14(7-9-15)23(29)30/h4-5,10-15,20,22-23H,6-9H2,1-3H3,(H2,32,33,36)/t13-,14?,15?,20-,22-/m0/s1. The number of ether oxygens (including phenoxy) is 2. The molecule has 2 N–H and O–H groups in total. The molecule has 2 fully saturated rings. The maximum absolute atomic E-state index is 15.2. The molecule has 0 bridgehead atoms. The second-order valence-corrected chi connectivity index (χ2v) is 9.55. The first-order valence-corrected chi connectivity index (χ1v) is 12.4. The van der Waals surface area contributed by atoms with Crippen molar-refractivity contribution in [3.8, 4) is 11.5 Å². The van der Waals surface area contributed by atoms with Crippen LogP contribution in [0.1, 0.15) is 44.1 Å². The molecular weight excluding hydrogens is 508 g/mol. The Morgan fingerprint density at radius 1 is 1.08 bits per heavy atom. The number of alkyl halides is 2. The van der Waals surface area contributed by atoms with Crippen molar-refractivity contribution in [3.05, 3.63) is 47.7 Å². The maximum atomic E-state index is 15.2. The minimum atomic E-state index is -2.41. The molecule has 206 valence electrons. The number of carbonyl (C=O) groups excluding carboxylic acids is 2. The summed E-state index contributed by atoms with van der Waals surface area (Å²) >= 11 is 0. The zero-order valence-electron chi connectivity index (χ0n) is 21.2. The quantitative estimate of drug-likeness (QED) is 0.511. The van der Waals surface area contributed by atoms with Crippen LogP contribution in [0.4, 0.5) is 28.2 Å². The molecule has 1 saturated carbocycles. The summed E-state index contributed by atoms with van der Waals surface area (Å²) in [5, 5.41) is 5.31. The Balaban J connectivity index is 1.64. The van der Waals surface area contributed by atoms with Crippen molar-refractivity contribution in [3.63, 3.8) is 0 Å². The molecule has 8 nitrogen and oxygen atoms in total. The summed E-state index contributed by atoms with van der Waals surface area (Å²) in [4.78, 5) is 32.2. The van der Waals surface area contributed by atoms with Gasteiger partial charge in [-0.2, -0.15) is 0 Å². The number of nitrogens with zero attached hydrogens (tertiary/aromatic N) is 2. The number of urea groups is 1. The number of aromatic nitrogens is 1. The highest BCUT2D eigenvalue weighted by Crippen LogP contribution is 2.42. The first-order valence-electron chi connectivity index (χ1n) is 12.4. The lowest BCUT2D eigenvalue weighted by Gasteiger charge is -2.29. The summed E-state index contributed by atoms with van der Waals surface area (Å²) in [6.07, 6.45) is 0.289. The Morgan fingerprint density at radius 2 is 1.74 bits per heavy atom. The normalized spacial score (nSPS) is 25.4. The lowest BCUT2D eigenvalue weighted by atomic mass is 9.86. The zero-order chi connectivity index (χ0) is 27.6. The fourth-order valence-corrected chi connectivity index (χ4v) is 5.40. The molecular formula is C26H30F4N4O4. The number of hydrogen-bond donors (Lipinski definition) is 2. The fourth-order valence-electron chi connectivity index (χ4n) is 5.40. The average Bonchev–Trinajstić information content (AvgIpc) is 3.12. The Kier molecular flexibility index (Phi) is 8.27. The Hall–Kier alpha value is -3.57. The van der Waals surface area contributed by atoms with Crippen LogP contribution < -0.4 is 25.0 Å². The van der Waals surface area contributed by atoms with Crippen LogP contribution in [0.2, 0.25) is 0 Å². The third-order valence-corrected chi connectivity index (χ3v) is 7.36. The third-order valence-electron chi connectivity index (χ3n) is 7.36. The predicted molar refractivity (Wildman–Crippen MR) is 131 cm³/mol. The minimum absolute atomic E-state index is 0.0365. The molecule has 1 aromatic heterocycles. The monoisotopic (exact) mass is 538 g/mol. The van der Waals surface area contributed by atoms with Crippen molar-refractivity contribution in [2.24, 2.45) is 5.92 Å². The van der Waals surface area contributed by atoms with Gasteiger partial charge in [0.25, 0.3) is 5.91 Å². The van der Waals surface area contributed by atoms with Gasteiger partial charge in [0.15, 0.2) is 11.6 Å². The van der Waals surface area contributed by atoms with Gasteiger partial charge in [0, 0.05) is 47.8 Å². The molecule has 0 spiro atoms. The molecule has 2 heterocycles. The number of anilines is 1. The lowest BCUT2D eigenvalue weighted by molar-refractivity contribution is -0.118. The number of hydrogen-bond acceptors (Lipinski definition) is 5. The molecule has 1 aliphatic carbocycles. The number of methoxy groups -OCH3 is 2. The van der Waals surface area contributed by atoms with Gasteiger partial charge in [-0.25, -0.2) is 27.3 Å². The molecule has 1 aromatic carbocycles. The highest BCUT2D eigenvalue weighted by atomic mass is 19.3. The van der Waals surface area contributed by atoms with Gasteiger partial charge in [-0.1, -0.05) is 0 Å². The SMILES string of the molecule is COc1cc(F)c([C@H]2[C@H](NC(=O)NC3CCC(C(F)F)CC3)C(=O)N(c3ncccc3OC)[C@H]2C)c(F)c1. The number of nitrogens with one attached hydrogen (secondary N) is 2. The van der Waals surface area contributed by atoms with Gasteiger partial charge in [0.05, 0.1) is 14.2 Å². The Labute approximate surface area is 217 Å². The van der Waals surface area contributed by atoms with Crippen molar-refractivity contribution < 1.29 is 36.6 Å². The number of halogens is 4. The van der Waals surface area contributed by atoms with Crippen LogP contribution in [0.5, 0.6) is 11.5 Å². The minimum Gasteiger partial charge on any atom is -0.497 e. The number of benzene rings is 1. The average molecular weight is 539 g/mol. The van der Waals surface area contributed by atoms with Crippen molar-refractivity contribution in [2.75, 3.05) is 19.1 Å². The molecule has 2 aromatic rings. The largest absolute Gasteiger partial charge is 0.497 e. The van der Waals surface area contributed by atoms with E-state index in [1.54, 1.807) is 19.1 Å².